The standard InChI is InChI=1S/C16H28N2O/c1-6-15(7-2)18(10-12(3)4)16-9-8-14(11-19)13(5)17-16/h8-9,12,15,19H,6-7,10-11H2,1-5H3. The summed E-state index contributed by atoms with van der Waals surface area (Å²) in [4.78, 5) is 7.10. The average Bonchev–Trinajstić information content (AvgIpc) is 2.38. The summed E-state index contributed by atoms with van der Waals surface area (Å²) in [6.07, 6.45) is 2.26. The number of aromatic nitrogens is 1. The van der Waals surface area contributed by atoms with Crippen molar-refractivity contribution in [3.63, 3.8) is 0 Å². The Labute approximate surface area is 117 Å². The molecule has 0 fully saturated rings. The van der Waals surface area contributed by atoms with Crippen molar-refractivity contribution in [1.82, 2.24) is 4.98 Å². The Morgan fingerprint density at radius 1 is 1.21 bits per heavy atom. The maximum Gasteiger partial charge on any atom is 0.129 e. The van der Waals surface area contributed by atoms with E-state index in [4.69, 9.17) is 0 Å². The van der Waals surface area contributed by atoms with E-state index in [0.29, 0.717) is 12.0 Å². The third-order valence-electron chi connectivity index (χ3n) is 3.59. The fourth-order valence-corrected chi connectivity index (χ4v) is 2.46. The molecule has 0 aliphatic rings. The van der Waals surface area contributed by atoms with Gasteiger partial charge in [0.1, 0.15) is 5.82 Å². The van der Waals surface area contributed by atoms with Crippen molar-refractivity contribution in [2.75, 3.05) is 11.4 Å². The number of pyridine rings is 1. The number of aliphatic hydroxyl groups excluding tert-OH is 1. The number of hydrogen-bond donors (Lipinski definition) is 1. The second-order valence-electron chi connectivity index (χ2n) is 5.59. The molecule has 1 N–H and O–H groups in total. The molecule has 0 aliphatic carbocycles. The molecule has 0 atom stereocenters. The van der Waals surface area contributed by atoms with Gasteiger partial charge in [0.05, 0.1) is 6.61 Å². The van der Waals surface area contributed by atoms with E-state index in [1.807, 2.05) is 19.1 Å². The molecular formula is C16H28N2O. The lowest BCUT2D eigenvalue weighted by Gasteiger charge is -2.33. The van der Waals surface area contributed by atoms with Crippen LogP contribution in [0.1, 0.15) is 51.8 Å². The third kappa shape index (κ3) is 4.20. The Hall–Kier alpha value is -1.09. The highest BCUT2D eigenvalue weighted by Crippen LogP contribution is 2.21. The number of anilines is 1. The number of hydrogen-bond acceptors (Lipinski definition) is 3. The highest BCUT2D eigenvalue weighted by molar-refractivity contribution is 5.42. The van der Waals surface area contributed by atoms with E-state index in [2.05, 4.69) is 37.6 Å². The van der Waals surface area contributed by atoms with Crippen LogP contribution in [0.15, 0.2) is 12.1 Å². The molecule has 19 heavy (non-hydrogen) atoms. The quantitative estimate of drug-likeness (QED) is 0.818. The first-order valence-corrected chi connectivity index (χ1v) is 7.37. The van der Waals surface area contributed by atoms with Crippen molar-refractivity contribution < 1.29 is 5.11 Å². The van der Waals surface area contributed by atoms with Crippen molar-refractivity contribution in [3.8, 4) is 0 Å². The lowest BCUT2D eigenvalue weighted by atomic mass is 10.1. The number of aliphatic hydroxyl groups is 1. The van der Waals surface area contributed by atoms with Crippen molar-refractivity contribution >= 4 is 5.82 Å². The Bertz CT molecular complexity index is 386. The van der Waals surface area contributed by atoms with Gasteiger partial charge < -0.3 is 10.0 Å². The van der Waals surface area contributed by atoms with Crippen LogP contribution in [0.4, 0.5) is 5.82 Å². The maximum absolute atomic E-state index is 9.24. The zero-order chi connectivity index (χ0) is 14.4. The summed E-state index contributed by atoms with van der Waals surface area (Å²) < 4.78 is 0. The summed E-state index contributed by atoms with van der Waals surface area (Å²) >= 11 is 0. The molecule has 0 spiro atoms. The highest BCUT2D eigenvalue weighted by atomic mass is 16.3. The van der Waals surface area contributed by atoms with E-state index in [1.54, 1.807) is 0 Å². The molecule has 1 heterocycles. The average molecular weight is 264 g/mol. The minimum atomic E-state index is 0.0638. The summed E-state index contributed by atoms with van der Waals surface area (Å²) in [7, 11) is 0. The molecule has 0 amide bonds. The lowest BCUT2D eigenvalue weighted by Crippen LogP contribution is -2.38. The molecule has 0 saturated carbocycles. The van der Waals surface area contributed by atoms with Gasteiger partial charge in [-0.1, -0.05) is 33.8 Å². The zero-order valence-electron chi connectivity index (χ0n) is 13.0. The molecule has 0 saturated heterocycles. The number of aryl methyl sites for hydroxylation is 1. The fourth-order valence-electron chi connectivity index (χ4n) is 2.46. The van der Waals surface area contributed by atoms with Crippen molar-refractivity contribution in [2.45, 2.75) is 60.1 Å². The second-order valence-corrected chi connectivity index (χ2v) is 5.59. The smallest absolute Gasteiger partial charge is 0.129 e. The molecule has 1 aromatic heterocycles. The minimum Gasteiger partial charge on any atom is -0.392 e. The van der Waals surface area contributed by atoms with Crippen molar-refractivity contribution in [3.05, 3.63) is 23.4 Å². The lowest BCUT2D eigenvalue weighted by molar-refractivity contribution is 0.280. The number of rotatable bonds is 7. The van der Waals surface area contributed by atoms with Gasteiger partial charge in [-0.05, 0) is 37.3 Å². The monoisotopic (exact) mass is 264 g/mol. The molecule has 0 aromatic carbocycles. The molecule has 1 aromatic rings. The van der Waals surface area contributed by atoms with Crippen molar-refractivity contribution in [1.29, 1.82) is 0 Å². The minimum absolute atomic E-state index is 0.0638. The Balaban J connectivity index is 3.05. The van der Waals surface area contributed by atoms with Gasteiger partial charge in [0.2, 0.25) is 0 Å². The van der Waals surface area contributed by atoms with Gasteiger partial charge >= 0.3 is 0 Å². The molecular weight excluding hydrogens is 236 g/mol. The molecule has 0 unspecified atom stereocenters. The van der Waals surface area contributed by atoms with Gasteiger partial charge in [0.25, 0.3) is 0 Å². The van der Waals surface area contributed by atoms with Crippen LogP contribution in [-0.4, -0.2) is 22.7 Å². The molecule has 0 aliphatic heterocycles. The summed E-state index contributed by atoms with van der Waals surface area (Å²) in [5.74, 6) is 1.65. The van der Waals surface area contributed by atoms with Crippen LogP contribution in [0.3, 0.4) is 0 Å². The first kappa shape index (κ1) is 16.0. The summed E-state index contributed by atoms with van der Waals surface area (Å²) in [6, 6.07) is 4.57. The molecule has 3 nitrogen and oxygen atoms in total. The van der Waals surface area contributed by atoms with E-state index in [-0.39, 0.29) is 6.61 Å². The molecule has 0 bridgehead atoms. The van der Waals surface area contributed by atoms with Crippen LogP contribution in [-0.2, 0) is 6.61 Å². The summed E-state index contributed by atoms with van der Waals surface area (Å²) in [5.41, 5.74) is 1.84. The van der Waals surface area contributed by atoms with Gasteiger partial charge in [0, 0.05) is 18.3 Å². The number of nitrogens with zero attached hydrogens (tertiary/aromatic N) is 2. The fraction of sp³-hybridized carbons (Fsp3) is 0.688. The van der Waals surface area contributed by atoms with Crippen molar-refractivity contribution in [2.24, 2.45) is 5.92 Å². The Morgan fingerprint density at radius 2 is 1.84 bits per heavy atom. The van der Waals surface area contributed by atoms with Crippen LogP contribution < -0.4 is 4.90 Å². The normalized spacial score (nSPS) is 11.4. The SMILES string of the molecule is CCC(CC)N(CC(C)C)c1ccc(CO)c(C)n1. The topological polar surface area (TPSA) is 36.4 Å². The maximum atomic E-state index is 9.24. The van der Waals surface area contributed by atoms with Gasteiger partial charge in [-0.2, -0.15) is 0 Å². The van der Waals surface area contributed by atoms with E-state index in [9.17, 15) is 5.11 Å². The molecule has 0 radical (unpaired) electrons. The van der Waals surface area contributed by atoms with E-state index < -0.39 is 0 Å². The Morgan fingerprint density at radius 3 is 2.26 bits per heavy atom. The first-order chi connectivity index (χ1) is 9.03. The predicted octanol–water partition coefficient (Wildman–Crippen LogP) is 3.53. The van der Waals surface area contributed by atoms with Crippen LogP contribution in [0.2, 0.25) is 0 Å². The van der Waals surface area contributed by atoms with E-state index in [0.717, 1.165) is 36.5 Å². The van der Waals surface area contributed by atoms with E-state index >= 15 is 0 Å². The highest BCUT2D eigenvalue weighted by Gasteiger charge is 2.18. The molecule has 108 valence electrons. The van der Waals surface area contributed by atoms with Gasteiger partial charge in [-0.3, -0.25) is 0 Å². The molecule has 3 heteroatoms. The first-order valence-electron chi connectivity index (χ1n) is 7.37. The summed E-state index contributed by atoms with van der Waals surface area (Å²) in [5, 5.41) is 9.24. The Kier molecular flexibility index (Phi) is 6.29. The largest absolute Gasteiger partial charge is 0.392 e. The van der Waals surface area contributed by atoms with Crippen LogP contribution in [0.5, 0.6) is 0 Å². The third-order valence-corrected chi connectivity index (χ3v) is 3.59. The van der Waals surface area contributed by atoms with Gasteiger partial charge in [0.15, 0.2) is 0 Å². The summed E-state index contributed by atoms with van der Waals surface area (Å²) in [6.45, 7) is 12.0. The van der Waals surface area contributed by atoms with Crippen LogP contribution >= 0.6 is 0 Å². The van der Waals surface area contributed by atoms with Gasteiger partial charge in [-0.25, -0.2) is 4.98 Å². The van der Waals surface area contributed by atoms with Crippen LogP contribution in [0, 0.1) is 12.8 Å². The van der Waals surface area contributed by atoms with Gasteiger partial charge in [-0.15, -0.1) is 0 Å². The van der Waals surface area contributed by atoms with E-state index in [1.165, 1.54) is 0 Å². The zero-order valence-corrected chi connectivity index (χ0v) is 13.0. The second kappa shape index (κ2) is 7.49. The molecule has 1 rings (SSSR count). The van der Waals surface area contributed by atoms with Crippen LogP contribution in [0.25, 0.3) is 0 Å². The predicted molar refractivity (Wildman–Crippen MR) is 81.5 cm³/mol.